The first-order valence-corrected chi connectivity index (χ1v) is 10.4. The van der Waals surface area contributed by atoms with Crippen molar-refractivity contribution in [3.8, 4) is 6.07 Å². The van der Waals surface area contributed by atoms with Crippen molar-refractivity contribution in [3.63, 3.8) is 0 Å². The third-order valence-corrected chi connectivity index (χ3v) is 4.27. The minimum absolute atomic E-state index is 0.112. The molecule has 8 nitrogen and oxygen atoms in total. The van der Waals surface area contributed by atoms with E-state index in [-0.39, 0.29) is 6.42 Å². The maximum absolute atomic E-state index is 10.2. The number of fused-ring (bicyclic) bond motifs is 1. The molecule has 0 amide bonds. The molecular formula is C24H31N5O3. The van der Waals surface area contributed by atoms with Crippen LogP contribution in [0.5, 0.6) is 0 Å². The summed E-state index contributed by atoms with van der Waals surface area (Å²) >= 11 is 0. The van der Waals surface area contributed by atoms with Crippen LogP contribution < -0.4 is 5.73 Å². The zero-order chi connectivity index (χ0) is 23.8. The van der Waals surface area contributed by atoms with Gasteiger partial charge in [0.25, 0.3) is 0 Å². The molecule has 1 saturated heterocycles. The molecule has 1 aliphatic rings. The molecule has 1 atom stereocenters. The summed E-state index contributed by atoms with van der Waals surface area (Å²) in [5.74, 6) is -0.405. The number of hydrogen-bond donors (Lipinski definition) is 2. The number of rotatable bonds is 3. The fourth-order valence-corrected chi connectivity index (χ4v) is 2.77. The maximum Gasteiger partial charge on any atom is 0.307 e. The molecule has 4 rings (SSSR count). The number of carboxylic acids is 1. The summed E-state index contributed by atoms with van der Waals surface area (Å²) in [6.45, 7) is 8.43. The molecule has 0 saturated carbocycles. The molecule has 1 aromatic carbocycles. The fraction of sp³-hybridized carbons (Fsp3) is 0.333. The highest BCUT2D eigenvalue weighted by Crippen LogP contribution is 2.13. The normalized spacial score (nSPS) is 13.8. The van der Waals surface area contributed by atoms with E-state index in [0.29, 0.717) is 23.1 Å². The van der Waals surface area contributed by atoms with E-state index in [9.17, 15) is 4.79 Å². The highest BCUT2D eigenvalue weighted by atomic mass is 16.5. The minimum Gasteiger partial charge on any atom is -0.481 e. The van der Waals surface area contributed by atoms with Crippen LogP contribution in [-0.2, 0) is 16.0 Å². The van der Waals surface area contributed by atoms with Crippen LogP contribution in [0.3, 0.4) is 0 Å². The van der Waals surface area contributed by atoms with Crippen molar-refractivity contribution < 1.29 is 14.6 Å². The topological polar surface area (TPSA) is 127 Å². The Morgan fingerprint density at radius 3 is 2.56 bits per heavy atom. The van der Waals surface area contributed by atoms with Gasteiger partial charge >= 0.3 is 5.97 Å². The largest absolute Gasteiger partial charge is 0.481 e. The van der Waals surface area contributed by atoms with Gasteiger partial charge in [0.1, 0.15) is 23.6 Å². The third kappa shape index (κ3) is 9.41. The first-order chi connectivity index (χ1) is 15.5. The molecule has 0 aliphatic carbocycles. The van der Waals surface area contributed by atoms with Gasteiger partial charge in [-0.15, -0.1) is 6.58 Å². The second-order valence-corrected chi connectivity index (χ2v) is 6.78. The Kier molecular flexibility index (Phi) is 12.5. The number of hydrogen-bond acceptors (Lipinski definition) is 6. The first-order valence-electron chi connectivity index (χ1n) is 10.4. The molecule has 3 N–H and O–H groups in total. The molecule has 2 aromatic heterocycles. The highest BCUT2D eigenvalue weighted by Gasteiger charge is 2.11. The van der Waals surface area contributed by atoms with Gasteiger partial charge in [0.05, 0.1) is 12.5 Å². The molecule has 3 aromatic rings. The summed E-state index contributed by atoms with van der Waals surface area (Å²) in [6, 6.07) is 14.5. The molecule has 0 spiro atoms. The van der Waals surface area contributed by atoms with Crippen molar-refractivity contribution in [2.24, 2.45) is 0 Å². The zero-order valence-corrected chi connectivity index (χ0v) is 18.6. The molecule has 170 valence electrons. The van der Waals surface area contributed by atoms with Gasteiger partial charge in [-0.2, -0.15) is 10.4 Å². The van der Waals surface area contributed by atoms with Gasteiger partial charge < -0.3 is 15.6 Å². The molecule has 1 fully saturated rings. The fourth-order valence-electron chi connectivity index (χ4n) is 2.77. The van der Waals surface area contributed by atoms with E-state index in [2.05, 4.69) is 23.6 Å². The van der Waals surface area contributed by atoms with Crippen molar-refractivity contribution in [2.45, 2.75) is 45.6 Å². The molecule has 1 aliphatic heterocycles. The number of benzene rings is 1. The van der Waals surface area contributed by atoms with Crippen molar-refractivity contribution >= 4 is 17.3 Å². The minimum atomic E-state index is -0.786. The van der Waals surface area contributed by atoms with E-state index < -0.39 is 5.97 Å². The quantitative estimate of drug-likeness (QED) is 0.586. The van der Waals surface area contributed by atoms with Crippen molar-refractivity contribution in [3.05, 3.63) is 72.7 Å². The maximum atomic E-state index is 10.2. The van der Waals surface area contributed by atoms with Crippen LogP contribution in [0, 0.1) is 11.3 Å². The number of carbonyl (C=O) groups is 1. The van der Waals surface area contributed by atoms with Crippen LogP contribution in [0.1, 0.15) is 44.4 Å². The van der Waals surface area contributed by atoms with Gasteiger partial charge in [-0.25, -0.2) is 9.50 Å². The lowest BCUT2D eigenvalue weighted by molar-refractivity contribution is -0.136. The molecule has 0 bridgehead atoms. The molecule has 0 radical (unpaired) electrons. The van der Waals surface area contributed by atoms with Crippen molar-refractivity contribution in [1.82, 2.24) is 14.6 Å². The number of carboxylic acid groups (broad SMARTS) is 1. The molecular weight excluding hydrogens is 406 g/mol. The van der Waals surface area contributed by atoms with Crippen LogP contribution in [0.15, 0.2) is 61.4 Å². The van der Waals surface area contributed by atoms with Gasteiger partial charge in [0.15, 0.2) is 5.82 Å². The second kappa shape index (κ2) is 15.2. The molecule has 3 heterocycles. The average Bonchev–Trinajstić information content (AvgIpc) is 3.46. The lowest BCUT2D eigenvalue weighted by Gasteiger charge is -2.01. The summed E-state index contributed by atoms with van der Waals surface area (Å²) < 4.78 is 6.76. The predicted molar refractivity (Wildman–Crippen MR) is 125 cm³/mol. The number of anilines is 1. The monoisotopic (exact) mass is 437 g/mol. The van der Waals surface area contributed by atoms with E-state index in [0.717, 1.165) is 12.2 Å². The Bertz CT molecular complexity index is 990. The van der Waals surface area contributed by atoms with E-state index in [4.69, 9.17) is 20.8 Å². The van der Waals surface area contributed by atoms with Crippen LogP contribution in [0.25, 0.3) is 5.52 Å². The Labute approximate surface area is 189 Å². The number of nitriles is 1. The van der Waals surface area contributed by atoms with E-state index >= 15 is 0 Å². The van der Waals surface area contributed by atoms with Crippen LogP contribution in [0.4, 0.5) is 5.82 Å². The van der Waals surface area contributed by atoms with E-state index in [1.54, 1.807) is 30.3 Å². The van der Waals surface area contributed by atoms with Crippen molar-refractivity contribution in [1.29, 1.82) is 5.26 Å². The van der Waals surface area contributed by atoms with Crippen molar-refractivity contribution in [2.75, 3.05) is 12.3 Å². The number of nitrogens with two attached hydrogens (primary N) is 1. The average molecular weight is 438 g/mol. The van der Waals surface area contributed by atoms with Gasteiger partial charge in [-0.3, -0.25) is 4.79 Å². The van der Waals surface area contributed by atoms with Gasteiger partial charge in [-0.1, -0.05) is 43.3 Å². The lowest BCUT2D eigenvalue weighted by atomic mass is 10.2. The standard InChI is InChI=1S/C8H8O2.C7H5N5.C6H12O.C3H6/c9-8(10)6-7-4-2-1-3-5-7;8-3-5-1-2-6-7(9)10-4-11-12(5)6;1-2-6-4-3-5-7-6;1-3-2/h1-5H,6H2,(H,9,10);1-2,4H,(H2,9,10,11);6H,2-5H2,1H3;3H,1H2,2H3. The summed E-state index contributed by atoms with van der Waals surface area (Å²) in [5, 5.41) is 20.9. The predicted octanol–water partition coefficient (Wildman–Crippen LogP) is 4.26. The van der Waals surface area contributed by atoms with Crippen LogP contribution >= 0.6 is 0 Å². The number of allylic oxidation sites excluding steroid dienone is 1. The highest BCUT2D eigenvalue weighted by molar-refractivity contribution is 5.70. The first kappa shape index (κ1) is 26.3. The molecule has 1 unspecified atom stereocenters. The number of aliphatic carboxylic acids is 1. The summed E-state index contributed by atoms with van der Waals surface area (Å²) in [5.41, 5.74) is 7.50. The molecule has 32 heavy (non-hydrogen) atoms. The number of aromatic nitrogens is 3. The summed E-state index contributed by atoms with van der Waals surface area (Å²) in [6.07, 6.45) is 7.54. The summed E-state index contributed by atoms with van der Waals surface area (Å²) in [4.78, 5) is 14.0. The van der Waals surface area contributed by atoms with Gasteiger partial charge in [-0.05, 0) is 43.9 Å². The number of nitrogens with zero attached hydrogens (tertiary/aromatic N) is 4. The summed E-state index contributed by atoms with van der Waals surface area (Å²) in [7, 11) is 0. The van der Waals surface area contributed by atoms with Gasteiger partial charge in [0, 0.05) is 6.61 Å². The third-order valence-electron chi connectivity index (χ3n) is 4.27. The Morgan fingerprint density at radius 2 is 2.06 bits per heavy atom. The zero-order valence-electron chi connectivity index (χ0n) is 18.6. The number of ether oxygens (including phenoxy) is 1. The smallest absolute Gasteiger partial charge is 0.307 e. The van der Waals surface area contributed by atoms with Crippen LogP contribution in [-0.4, -0.2) is 38.4 Å². The van der Waals surface area contributed by atoms with E-state index in [1.807, 2.05) is 31.2 Å². The van der Waals surface area contributed by atoms with E-state index in [1.165, 1.54) is 30.1 Å². The van der Waals surface area contributed by atoms with Crippen LogP contribution in [0.2, 0.25) is 0 Å². The second-order valence-electron chi connectivity index (χ2n) is 6.78. The SMILES string of the molecule is C=CC.CCC1CCCO1.N#Cc1ccc2c(N)ncnn12.O=C(O)Cc1ccccc1. The lowest BCUT2D eigenvalue weighted by Crippen LogP contribution is -2.00. The Hall–Kier alpha value is -3.70. The van der Waals surface area contributed by atoms with Gasteiger partial charge in [0.2, 0.25) is 0 Å². The number of nitrogen functional groups attached to an aromatic ring is 1. The Balaban J connectivity index is 0.000000233. The molecule has 8 heteroatoms. The Morgan fingerprint density at radius 1 is 1.38 bits per heavy atom.